The average Bonchev–Trinajstić information content (AvgIpc) is 2.44. The van der Waals surface area contributed by atoms with E-state index in [2.05, 4.69) is 0 Å². The Hall–Kier alpha value is -1.82. The van der Waals surface area contributed by atoms with Crippen molar-refractivity contribution in [1.29, 1.82) is 0 Å². The second kappa shape index (κ2) is 5.76. The summed E-state index contributed by atoms with van der Waals surface area (Å²) in [6.45, 7) is 0. The zero-order valence-electron chi connectivity index (χ0n) is 11.8. The van der Waals surface area contributed by atoms with E-state index in [1.54, 1.807) is 12.1 Å². The maximum atomic E-state index is 13.2. The molecule has 0 aliphatic carbocycles. The molecule has 2 aromatic carbocycles. The Morgan fingerprint density at radius 1 is 0.818 bits per heavy atom. The van der Waals surface area contributed by atoms with Gasteiger partial charge >= 0.3 is 6.18 Å². The Morgan fingerprint density at radius 2 is 1.18 bits per heavy atom. The van der Waals surface area contributed by atoms with Crippen molar-refractivity contribution in [3.05, 3.63) is 71.8 Å². The molecular formula is C16H15F3O2S. The van der Waals surface area contributed by atoms with E-state index < -0.39 is 27.2 Å². The Balaban J connectivity index is 2.82. The Labute approximate surface area is 127 Å². The second-order valence-corrected chi connectivity index (χ2v) is 7.36. The van der Waals surface area contributed by atoms with E-state index in [0.717, 1.165) is 6.26 Å². The monoisotopic (exact) mass is 328 g/mol. The van der Waals surface area contributed by atoms with Gasteiger partial charge in [0.05, 0.1) is 6.42 Å². The molecule has 2 nitrogen and oxygen atoms in total. The number of rotatable bonds is 4. The van der Waals surface area contributed by atoms with Crippen molar-refractivity contribution in [1.82, 2.24) is 0 Å². The van der Waals surface area contributed by atoms with Crippen molar-refractivity contribution >= 4 is 9.84 Å². The van der Waals surface area contributed by atoms with Crippen molar-refractivity contribution in [2.45, 2.75) is 17.3 Å². The number of halogens is 3. The third-order valence-corrected chi connectivity index (χ3v) is 5.44. The zero-order valence-corrected chi connectivity index (χ0v) is 12.7. The topological polar surface area (TPSA) is 34.1 Å². The molecule has 0 atom stereocenters. The minimum Gasteiger partial charge on any atom is -0.228 e. The predicted octanol–water partition coefficient (Wildman–Crippen LogP) is 3.93. The van der Waals surface area contributed by atoms with Crippen LogP contribution < -0.4 is 0 Å². The summed E-state index contributed by atoms with van der Waals surface area (Å²) in [5.74, 6) is 0. The van der Waals surface area contributed by atoms with Crippen LogP contribution in [0.5, 0.6) is 0 Å². The van der Waals surface area contributed by atoms with Gasteiger partial charge in [0.1, 0.15) is 4.75 Å². The maximum Gasteiger partial charge on any atom is 0.391 e. The van der Waals surface area contributed by atoms with Crippen LogP contribution in [0.15, 0.2) is 60.7 Å². The highest BCUT2D eigenvalue weighted by molar-refractivity contribution is 7.91. The van der Waals surface area contributed by atoms with Crippen LogP contribution in [0.25, 0.3) is 0 Å². The average molecular weight is 328 g/mol. The summed E-state index contributed by atoms with van der Waals surface area (Å²) in [5, 5.41) is 0. The highest BCUT2D eigenvalue weighted by Crippen LogP contribution is 2.45. The molecule has 0 spiro atoms. The van der Waals surface area contributed by atoms with Gasteiger partial charge in [0, 0.05) is 6.26 Å². The maximum absolute atomic E-state index is 13.2. The molecule has 118 valence electrons. The molecule has 0 N–H and O–H groups in total. The molecule has 0 bridgehead atoms. The van der Waals surface area contributed by atoms with Gasteiger partial charge in [0.15, 0.2) is 9.84 Å². The standard InChI is InChI=1S/C16H15F3O2S/c1-22(20,21)15(12-16(17,18)19,13-8-4-2-5-9-13)14-10-6-3-7-11-14/h2-11H,12H2,1H3. The third-order valence-electron chi connectivity index (χ3n) is 3.56. The van der Waals surface area contributed by atoms with E-state index in [1.807, 2.05) is 0 Å². The summed E-state index contributed by atoms with van der Waals surface area (Å²) in [4.78, 5) is 0. The van der Waals surface area contributed by atoms with Gasteiger partial charge in [-0.15, -0.1) is 0 Å². The lowest BCUT2D eigenvalue weighted by Gasteiger charge is -2.34. The third kappa shape index (κ3) is 3.16. The number of alkyl halides is 3. The van der Waals surface area contributed by atoms with E-state index in [1.165, 1.54) is 48.5 Å². The zero-order chi connectivity index (χ0) is 16.4. The fourth-order valence-electron chi connectivity index (χ4n) is 2.63. The summed E-state index contributed by atoms with van der Waals surface area (Å²) in [6.07, 6.45) is -5.25. The van der Waals surface area contributed by atoms with Crippen LogP contribution in [-0.2, 0) is 14.6 Å². The molecule has 0 aliphatic heterocycles. The molecule has 6 heteroatoms. The molecule has 0 fully saturated rings. The molecule has 2 rings (SSSR count). The van der Waals surface area contributed by atoms with Gasteiger partial charge in [-0.3, -0.25) is 0 Å². The molecule has 0 heterocycles. The summed E-state index contributed by atoms with van der Waals surface area (Å²) >= 11 is 0. The van der Waals surface area contributed by atoms with Crippen LogP contribution >= 0.6 is 0 Å². The van der Waals surface area contributed by atoms with Crippen molar-refractivity contribution in [2.24, 2.45) is 0 Å². The smallest absolute Gasteiger partial charge is 0.228 e. The first kappa shape index (κ1) is 16.5. The second-order valence-electron chi connectivity index (χ2n) is 5.12. The molecule has 0 unspecified atom stereocenters. The van der Waals surface area contributed by atoms with Gasteiger partial charge in [0.2, 0.25) is 0 Å². The Bertz CT molecular complexity index is 683. The fourth-order valence-corrected chi connectivity index (χ4v) is 4.18. The molecule has 0 saturated heterocycles. The minimum atomic E-state index is -4.63. The quantitative estimate of drug-likeness (QED) is 0.852. The molecule has 0 radical (unpaired) electrons. The highest BCUT2D eigenvalue weighted by atomic mass is 32.2. The van der Waals surface area contributed by atoms with Crippen molar-refractivity contribution < 1.29 is 21.6 Å². The van der Waals surface area contributed by atoms with Crippen LogP contribution in [0.4, 0.5) is 13.2 Å². The Kier molecular flexibility index (Phi) is 4.33. The predicted molar refractivity (Wildman–Crippen MR) is 79.2 cm³/mol. The minimum absolute atomic E-state index is 0.112. The number of hydrogen-bond donors (Lipinski definition) is 0. The summed E-state index contributed by atoms with van der Waals surface area (Å²) in [7, 11) is -4.09. The molecule has 2 aromatic rings. The SMILES string of the molecule is CS(=O)(=O)C(CC(F)(F)F)(c1ccccc1)c1ccccc1. The van der Waals surface area contributed by atoms with E-state index >= 15 is 0 Å². The van der Waals surface area contributed by atoms with Crippen molar-refractivity contribution in [3.63, 3.8) is 0 Å². The van der Waals surface area contributed by atoms with Crippen molar-refractivity contribution in [3.8, 4) is 0 Å². The van der Waals surface area contributed by atoms with E-state index in [-0.39, 0.29) is 11.1 Å². The number of sulfone groups is 1. The van der Waals surface area contributed by atoms with Gasteiger partial charge in [-0.2, -0.15) is 13.2 Å². The lowest BCUT2D eigenvalue weighted by molar-refractivity contribution is -0.139. The molecule has 22 heavy (non-hydrogen) atoms. The lowest BCUT2D eigenvalue weighted by atomic mass is 9.87. The Morgan fingerprint density at radius 3 is 1.45 bits per heavy atom. The summed E-state index contributed by atoms with van der Waals surface area (Å²) in [6, 6.07) is 15.1. The van der Waals surface area contributed by atoms with Crippen molar-refractivity contribution in [2.75, 3.05) is 6.26 Å². The lowest BCUT2D eigenvalue weighted by Crippen LogP contribution is -2.40. The molecule has 0 aromatic heterocycles. The molecule has 0 saturated carbocycles. The first-order valence-corrected chi connectivity index (χ1v) is 8.43. The molecule has 0 amide bonds. The number of hydrogen-bond acceptors (Lipinski definition) is 2. The van der Waals surface area contributed by atoms with Crippen LogP contribution in [0.1, 0.15) is 17.5 Å². The van der Waals surface area contributed by atoms with E-state index in [4.69, 9.17) is 0 Å². The van der Waals surface area contributed by atoms with Gasteiger partial charge in [-0.05, 0) is 11.1 Å². The first-order chi connectivity index (χ1) is 10.2. The normalized spacial score (nSPS) is 13.1. The summed E-state index contributed by atoms with van der Waals surface area (Å²) < 4.78 is 62.3. The van der Waals surface area contributed by atoms with Gasteiger partial charge in [0.25, 0.3) is 0 Å². The fraction of sp³-hybridized carbons (Fsp3) is 0.250. The first-order valence-electron chi connectivity index (χ1n) is 6.54. The van der Waals surface area contributed by atoms with Gasteiger partial charge < -0.3 is 0 Å². The molecule has 0 aliphatic rings. The largest absolute Gasteiger partial charge is 0.391 e. The van der Waals surface area contributed by atoms with Crippen LogP contribution in [0.2, 0.25) is 0 Å². The van der Waals surface area contributed by atoms with Gasteiger partial charge in [-0.25, -0.2) is 8.42 Å². The van der Waals surface area contributed by atoms with Crippen LogP contribution in [0.3, 0.4) is 0 Å². The van der Waals surface area contributed by atoms with Gasteiger partial charge in [-0.1, -0.05) is 60.7 Å². The number of benzene rings is 2. The van der Waals surface area contributed by atoms with Crippen LogP contribution in [0, 0.1) is 0 Å². The molecular weight excluding hydrogens is 313 g/mol. The summed E-state index contributed by atoms with van der Waals surface area (Å²) in [5.41, 5.74) is 0.224. The van der Waals surface area contributed by atoms with Crippen LogP contribution in [-0.4, -0.2) is 20.8 Å². The van der Waals surface area contributed by atoms with E-state index in [0.29, 0.717) is 0 Å². The highest BCUT2D eigenvalue weighted by Gasteiger charge is 2.51. The van der Waals surface area contributed by atoms with E-state index in [9.17, 15) is 21.6 Å².